The molecule has 2 rings (SSSR count). The van der Waals surface area contributed by atoms with Gasteiger partial charge in [0.1, 0.15) is 0 Å². The zero-order valence-corrected chi connectivity index (χ0v) is 16.0. The van der Waals surface area contributed by atoms with Crippen LogP contribution in [-0.2, 0) is 4.79 Å². The van der Waals surface area contributed by atoms with E-state index >= 15 is 0 Å². The number of nitrogens with one attached hydrogen (secondary N) is 2. The summed E-state index contributed by atoms with van der Waals surface area (Å²) in [6.45, 7) is 5.53. The monoisotopic (exact) mass is 375 g/mol. The molecule has 0 fully saturated rings. The lowest BCUT2D eigenvalue weighted by Gasteiger charge is -2.20. The zero-order chi connectivity index (χ0) is 18.4. The van der Waals surface area contributed by atoms with E-state index in [1.807, 2.05) is 63.2 Å². The van der Waals surface area contributed by atoms with Gasteiger partial charge in [-0.1, -0.05) is 37.3 Å². The average molecular weight is 376 g/mol. The maximum Gasteiger partial charge on any atom is 0.255 e. The quantitative estimate of drug-likeness (QED) is 0.722. The van der Waals surface area contributed by atoms with Crippen LogP contribution >= 0.6 is 12.4 Å². The number of hydrogen-bond acceptors (Lipinski definition) is 3. The van der Waals surface area contributed by atoms with E-state index in [1.165, 1.54) is 0 Å². The number of anilines is 1. The normalized spacial score (nSPS) is 13.7. The molecule has 0 aliphatic rings. The van der Waals surface area contributed by atoms with Crippen molar-refractivity contribution in [2.24, 2.45) is 11.7 Å². The molecule has 26 heavy (non-hydrogen) atoms. The van der Waals surface area contributed by atoms with Crippen molar-refractivity contribution in [3.63, 3.8) is 0 Å². The number of nitrogens with two attached hydrogens (primary N) is 1. The molecule has 0 aliphatic heterocycles. The van der Waals surface area contributed by atoms with Gasteiger partial charge < -0.3 is 16.4 Å². The minimum Gasteiger partial charge on any atom is -0.349 e. The lowest BCUT2D eigenvalue weighted by atomic mass is 10.0. The number of carbonyl (C=O) groups is 2. The molecule has 5 nitrogen and oxygen atoms in total. The third-order valence-electron chi connectivity index (χ3n) is 4.24. The summed E-state index contributed by atoms with van der Waals surface area (Å²) in [4.78, 5) is 24.4. The van der Waals surface area contributed by atoms with Crippen molar-refractivity contribution in [2.45, 2.75) is 32.9 Å². The summed E-state index contributed by atoms with van der Waals surface area (Å²) in [5.74, 6) is -0.510. The number of hydrogen-bond donors (Lipinski definition) is 3. The van der Waals surface area contributed by atoms with Gasteiger partial charge in [0, 0.05) is 23.2 Å². The van der Waals surface area contributed by atoms with Crippen LogP contribution in [0.2, 0.25) is 0 Å². The highest BCUT2D eigenvalue weighted by molar-refractivity contribution is 6.04. The largest absolute Gasteiger partial charge is 0.349 e. The number of benzene rings is 2. The van der Waals surface area contributed by atoms with Gasteiger partial charge >= 0.3 is 0 Å². The van der Waals surface area contributed by atoms with E-state index in [4.69, 9.17) is 5.73 Å². The van der Waals surface area contributed by atoms with Crippen LogP contribution < -0.4 is 16.4 Å². The fraction of sp³-hybridized carbons (Fsp3) is 0.300. The standard InChI is InChI=1S/C20H25N3O2.ClH/c1-13(14(2)21)19(24)22-15(3)17-10-7-11-18(12-17)23-20(25)16-8-5-4-6-9-16;/h4-15H,21H2,1-3H3,(H,22,24)(H,23,25);1H. The second-order valence-corrected chi connectivity index (χ2v) is 6.32. The van der Waals surface area contributed by atoms with Crippen LogP contribution in [0.4, 0.5) is 5.69 Å². The van der Waals surface area contributed by atoms with Gasteiger partial charge in [-0.2, -0.15) is 0 Å². The third kappa shape index (κ3) is 5.86. The van der Waals surface area contributed by atoms with Gasteiger partial charge in [0.05, 0.1) is 6.04 Å². The van der Waals surface area contributed by atoms with E-state index in [-0.39, 0.29) is 42.2 Å². The summed E-state index contributed by atoms with van der Waals surface area (Å²) < 4.78 is 0. The van der Waals surface area contributed by atoms with Gasteiger partial charge in [-0.05, 0) is 43.7 Å². The fourth-order valence-electron chi connectivity index (χ4n) is 2.35. The molecule has 0 aliphatic carbocycles. The van der Waals surface area contributed by atoms with Crippen molar-refractivity contribution in [2.75, 3.05) is 5.32 Å². The predicted molar refractivity (Wildman–Crippen MR) is 107 cm³/mol. The fourth-order valence-corrected chi connectivity index (χ4v) is 2.35. The summed E-state index contributed by atoms with van der Waals surface area (Å²) in [6.07, 6.45) is 0. The Morgan fingerprint density at radius 3 is 2.23 bits per heavy atom. The second kappa shape index (κ2) is 9.94. The van der Waals surface area contributed by atoms with E-state index in [1.54, 1.807) is 12.1 Å². The molecule has 2 aromatic carbocycles. The summed E-state index contributed by atoms with van der Waals surface area (Å²) in [5, 5.41) is 5.83. The molecule has 0 saturated heterocycles. The number of carbonyl (C=O) groups excluding carboxylic acids is 2. The van der Waals surface area contributed by atoms with E-state index in [2.05, 4.69) is 10.6 Å². The van der Waals surface area contributed by atoms with E-state index in [0.717, 1.165) is 5.56 Å². The molecule has 2 aromatic rings. The van der Waals surface area contributed by atoms with Crippen molar-refractivity contribution < 1.29 is 9.59 Å². The molecule has 0 aromatic heterocycles. The van der Waals surface area contributed by atoms with Crippen LogP contribution in [0, 0.1) is 5.92 Å². The Morgan fingerprint density at radius 1 is 0.962 bits per heavy atom. The highest BCUT2D eigenvalue weighted by Gasteiger charge is 2.19. The second-order valence-electron chi connectivity index (χ2n) is 6.32. The van der Waals surface area contributed by atoms with Gasteiger partial charge in [0.2, 0.25) is 5.91 Å². The molecule has 0 saturated carbocycles. The van der Waals surface area contributed by atoms with Crippen molar-refractivity contribution in [1.82, 2.24) is 5.32 Å². The van der Waals surface area contributed by atoms with Gasteiger partial charge in [-0.25, -0.2) is 0 Å². The van der Waals surface area contributed by atoms with Gasteiger partial charge in [-0.3, -0.25) is 9.59 Å². The first-order valence-electron chi connectivity index (χ1n) is 8.41. The number of halogens is 1. The van der Waals surface area contributed by atoms with Crippen LogP contribution in [-0.4, -0.2) is 17.9 Å². The molecule has 0 heterocycles. The SMILES string of the molecule is CC(NC(=O)C(C)C(C)N)c1cccc(NC(=O)c2ccccc2)c1.Cl. The Hall–Kier alpha value is -2.37. The van der Waals surface area contributed by atoms with Crippen LogP contribution in [0.25, 0.3) is 0 Å². The molecular formula is C20H26ClN3O2. The molecule has 0 bridgehead atoms. The van der Waals surface area contributed by atoms with Crippen LogP contribution in [0.3, 0.4) is 0 Å². The zero-order valence-electron chi connectivity index (χ0n) is 15.2. The van der Waals surface area contributed by atoms with Crippen molar-refractivity contribution in [1.29, 1.82) is 0 Å². The first-order valence-corrected chi connectivity index (χ1v) is 8.41. The van der Waals surface area contributed by atoms with Crippen LogP contribution in [0.15, 0.2) is 54.6 Å². The first-order chi connectivity index (χ1) is 11.9. The maximum absolute atomic E-state index is 12.2. The Bertz CT molecular complexity index is 735. The summed E-state index contributed by atoms with van der Waals surface area (Å²) in [5.41, 5.74) is 7.98. The third-order valence-corrected chi connectivity index (χ3v) is 4.24. The van der Waals surface area contributed by atoms with Crippen LogP contribution in [0.5, 0.6) is 0 Å². The molecular weight excluding hydrogens is 350 g/mol. The van der Waals surface area contributed by atoms with E-state index in [0.29, 0.717) is 11.3 Å². The highest BCUT2D eigenvalue weighted by Crippen LogP contribution is 2.19. The number of amides is 2. The minimum atomic E-state index is -0.261. The average Bonchev–Trinajstić information content (AvgIpc) is 2.61. The molecule has 0 radical (unpaired) electrons. The number of rotatable bonds is 6. The Balaban J connectivity index is 0.00000338. The van der Waals surface area contributed by atoms with E-state index in [9.17, 15) is 9.59 Å². The molecule has 6 heteroatoms. The predicted octanol–water partition coefficient (Wildman–Crippen LogP) is 3.52. The maximum atomic E-state index is 12.2. The molecule has 3 unspecified atom stereocenters. The van der Waals surface area contributed by atoms with Crippen molar-refractivity contribution >= 4 is 29.9 Å². The van der Waals surface area contributed by atoms with Gasteiger partial charge in [0.15, 0.2) is 0 Å². The molecule has 3 atom stereocenters. The lowest BCUT2D eigenvalue weighted by Crippen LogP contribution is -2.39. The molecule has 2 amide bonds. The Morgan fingerprint density at radius 2 is 1.62 bits per heavy atom. The van der Waals surface area contributed by atoms with Crippen molar-refractivity contribution in [3.8, 4) is 0 Å². The smallest absolute Gasteiger partial charge is 0.255 e. The summed E-state index contributed by atoms with van der Waals surface area (Å²) in [6, 6.07) is 16.1. The Kier molecular flexibility index (Phi) is 8.29. The highest BCUT2D eigenvalue weighted by atomic mass is 35.5. The van der Waals surface area contributed by atoms with Crippen LogP contribution in [0.1, 0.15) is 42.7 Å². The van der Waals surface area contributed by atoms with E-state index < -0.39 is 0 Å². The summed E-state index contributed by atoms with van der Waals surface area (Å²) >= 11 is 0. The van der Waals surface area contributed by atoms with Gasteiger partial charge in [0.25, 0.3) is 5.91 Å². The summed E-state index contributed by atoms with van der Waals surface area (Å²) in [7, 11) is 0. The Labute approximate surface area is 160 Å². The topological polar surface area (TPSA) is 84.2 Å². The molecule has 140 valence electrons. The molecule has 4 N–H and O–H groups in total. The first kappa shape index (κ1) is 21.7. The van der Waals surface area contributed by atoms with Crippen molar-refractivity contribution in [3.05, 3.63) is 65.7 Å². The lowest BCUT2D eigenvalue weighted by molar-refractivity contribution is -0.125. The minimum absolute atomic E-state index is 0. The van der Waals surface area contributed by atoms with Gasteiger partial charge in [-0.15, -0.1) is 12.4 Å². The molecule has 0 spiro atoms.